The van der Waals surface area contributed by atoms with Crippen LogP contribution in [0.3, 0.4) is 0 Å². The smallest absolute Gasteiger partial charge is 0.266 e. The summed E-state index contributed by atoms with van der Waals surface area (Å²) in [5.74, 6) is -1.25. The molecule has 11 nitrogen and oxygen atoms in total. The Kier molecular flexibility index (Phi) is 11.0. The Bertz CT molecular complexity index is 1030. The Labute approximate surface area is 222 Å². The van der Waals surface area contributed by atoms with Crippen LogP contribution in [0.25, 0.3) is 0 Å². The maximum absolute atomic E-state index is 13.6. The number of aliphatic hydroxyl groups excluding tert-OH is 1. The van der Waals surface area contributed by atoms with Gasteiger partial charge in [0.05, 0.1) is 12.0 Å². The molecular formula is C27H36N6O5. The molecular weight excluding hydrogens is 488 g/mol. The minimum absolute atomic E-state index is 0.240. The summed E-state index contributed by atoms with van der Waals surface area (Å²) >= 11 is 0. The van der Waals surface area contributed by atoms with Crippen LogP contribution in [0.1, 0.15) is 55.6 Å². The number of hydrogen-bond donors (Lipinski definition) is 5. The first kappa shape index (κ1) is 28.6. The number of rotatable bonds is 12. The van der Waals surface area contributed by atoms with Gasteiger partial charge < -0.3 is 26.8 Å². The van der Waals surface area contributed by atoms with E-state index < -0.39 is 17.0 Å². The maximum atomic E-state index is 13.6. The quantitative estimate of drug-likeness (QED) is 0.0926. The van der Waals surface area contributed by atoms with Crippen LogP contribution in [-0.2, 0) is 9.59 Å². The summed E-state index contributed by atoms with van der Waals surface area (Å²) in [6.07, 6.45) is 3.52. The zero-order valence-corrected chi connectivity index (χ0v) is 21.3. The van der Waals surface area contributed by atoms with E-state index in [0.29, 0.717) is 13.0 Å². The molecule has 2 aromatic rings. The Morgan fingerprint density at radius 3 is 2.11 bits per heavy atom. The minimum Gasteiger partial charge on any atom is -0.393 e. The molecule has 11 heteroatoms. The standard InChI is InChI=1S/C27H36N6O5/c28-27(32-33(37)38)29-17-7-12-23(25(35)30-18-19-13-15-22(34)16-14-19)31-26(36)24(20-8-3-1-4-9-20)21-10-5-2-6-11-21/h1-6,8-11,19,22-24,34H,7,12-18H2,(H,30,35)(H,31,36)(H3,28,29,32)/t19?,22?,23-/m1/s1. The third-order valence-electron chi connectivity index (χ3n) is 6.71. The predicted molar refractivity (Wildman–Crippen MR) is 143 cm³/mol. The van der Waals surface area contributed by atoms with Crippen molar-refractivity contribution in [1.29, 1.82) is 0 Å². The molecule has 38 heavy (non-hydrogen) atoms. The summed E-state index contributed by atoms with van der Waals surface area (Å²) in [6.45, 7) is 0.712. The van der Waals surface area contributed by atoms with E-state index in [2.05, 4.69) is 21.1 Å². The van der Waals surface area contributed by atoms with E-state index in [0.717, 1.165) is 36.8 Å². The van der Waals surface area contributed by atoms with Crippen LogP contribution in [0.15, 0.2) is 65.8 Å². The second kappa shape index (κ2) is 14.7. The first-order valence-electron chi connectivity index (χ1n) is 12.9. The summed E-state index contributed by atoms with van der Waals surface area (Å²) in [5.41, 5.74) is 7.08. The number of hydrogen-bond acceptors (Lipinski definition) is 5. The fourth-order valence-corrected chi connectivity index (χ4v) is 4.67. The summed E-state index contributed by atoms with van der Waals surface area (Å²) < 4.78 is 0. The van der Waals surface area contributed by atoms with Gasteiger partial charge >= 0.3 is 0 Å². The molecule has 6 N–H and O–H groups in total. The van der Waals surface area contributed by atoms with Gasteiger partial charge in [-0.2, -0.15) is 0 Å². The highest BCUT2D eigenvalue weighted by Crippen LogP contribution is 2.26. The van der Waals surface area contributed by atoms with Crippen LogP contribution >= 0.6 is 0 Å². The summed E-state index contributed by atoms with van der Waals surface area (Å²) in [4.78, 5) is 37.3. The lowest BCUT2D eigenvalue weighted by Crippen LogP contribution is -2.49. The van der Waals surface area contributed by atoms with Gasteiger partial charge in [-0.3, -0.25) is 9.59 Å². The number of nitro groups is 1. The van der Waals surface area contributed by atoms with Gasteiger partial charge in [-0.05, 0) is 55.6 Å². The van der Waals surface area contributed by atoms with E-state index in [4.69, 9.17) is 5.73 Å². The number of hydrazone groups is 1. The average Bonchev–Trinajstić information content (AvgIpc) is 2.91. The molecule has 0 bridgehead atoms. The number of aliphatic hydroxyl groups is 1. The third-order valence-corrected chi connectivity index (χ3v) is 6.71. The molecule has 0 aliphatic heterocycles. The number of guanidine groups is 1. The second-order valence-corrected chi connectivity index (χ2v) is 9.53. The van der Waals surface area contributed by atoms with Crippen molar-refractivity contribution in [2.75, 3.05) is 13.1 Å². The SMILES string of the molecule is NC(=N[N+](=O)[O-])NCCC[C@@H](NC(=O)C(c1ccccc1)c1ccccc1)C(=O)NCC1CCC(O)CC1. The molecule has 1 aliphatic rings. The highest BCUT2D eigenvalue weighted by Gasteiger charge is 2.28. The molecule has 1 atom stereocenters. The van der Waals surface area contributed by atoms with Gasteiger partial charge in [0.1, 0.15) is 11.1 Å². The molecule has 1 saturated carbocycles. The molecule has 3 rings (SSSR count). The molecule has 2 amide bonds. The molecule has 0 saturated heterocycles. The Morgan fingerprint density at radius 1 is 0.974 bits per heavy atom. The van der Waals surface area contributed by atoms with Crippen LogP contribution in [-0.4, -0.2) is 53.1 Å². The van der Waals surface area contributed by atoms with Gasteiger partial charge in [-0.25, -0.2) is 10.1 Å². The van der Waals surface area contributed by atoms with Crippen molar-refractivity contribution in [1.82, 2.24) is 16.0 Å². The zero-order chi connectivity index (χ0) is 27.3. The highest BCUT2D eigenvalue weighted by atomic mass is 16.7. The van der Waals surface area contributed by atoms with Crippen LogP contribution in [0.2, 0.25) is 0 Å². The van der Waals surface area contributed by atoms with Gasteiger partial charge in [-0.1, -0.05) is 60.7 Å². The normalized spacial score (nSPS) is 18.4. The number of nitrogens with one attached hydrogen (secondary N) is 3. The topological polar surface area (TPSA) is 172 Å². The molecule has 2 aromatic carbocycles. The van der Waals surface area contributed by atoms with E-state index in [1.807, 2.05) is 60.7 Å². The van der Waals surface area contributed by atoms with Crippen LogP contribution in [0, 0.1) is 16.0 Å². The molecule has 0 spiro atoms. The van der Waals surface area contributed by atoms with E-state index in [1.165, 1.54) is 0 Å². The molecule has 0 heterocycles. The first-order valence-corrected chi connectivity index (χ1v) is 12.9. The second-order valence-electron chi connectivity index (χ2n) is 9.53. The fourth-order valence-electron chi connectivity index (χ4n) is 4.67. The zero-order valence-electron chi connectivity index (χ0n) is 21.3. The number of benzene rings is 2. The number of carbonyl (C=O) groups is 2. The lowest BCUT2D eigenvalue weighted by Gasteiger charge is -2.27. The molecule has 1 fully saturated rings. The average molecular weight is 525 g/mol. The van der Waals surface area contributed by atoms with Crippen molar-refractivity contribution in [3.8, 4) is 0 Å². The number of nitrogens with zero attached hydrogens (tertiary/aromatic N) is 2. The molecule has 204 valence electrons. The minimum atomic E-state index is -0.892. The molecule has 1 aliphatic carbocycles. The highest BCUT2D eigenvalue weighted by molar-refractivity contribution is 5.92. The van der Waals surface area contributed by atoms with Crippen LogP contribution in [0.4, 0.5) is 0 Å². The molecule has 0 unspecified atom stereocenters. The van der Waals surface area contributed by atoms with Crippen molar-refractivity contribution in [2.45, 2.75) is 56.6 Å². The lowest BCUT2D eigenvalue weighted by molar-refractivity contribution is -0.485. The van der Waals surface area contributed by atoms with Gasteiger partial charge in [0, 0.05) is 13.1 Å². The van der Waals surface area contributed by atoms with Gasteiger partial charge in [-0.15, -0.1) is 0 Å². The molecule has 0 radical (unpaired) electrons. The lowest BCUT2D eigenvalue weighted by atomic mass is 9.87. The number of carbonyl (C=O) groups excluding carboxylic acids is 2. The van der Waals surface area contributed by atoms with E-state index in [-0.39, 0.29) is 42.8 Å². The largest absolute Gasteiger partial charge is 0.393 e. The van der Waals surface area contributed by atoms with Crippen molar-refractivity contribution >= 4 is 17.8 Å². The Morgan fingerprint density at radius 2 is 1.55 bits per heavy atom. The number of amides is 2. The van der Waals surface area contributed by atoms with Gasteiger partial charge in [0.2, 0.25) is 11.8 Å². The number of nitrogens with two attached hydrogens (primary N) is 1. The van der Waals surface area contributed by atoms with Crippen LogP contribution < -0.4 is 21.7 Å². The van der Waals surface area contributed by atoms with Crippen molar-refractivity contribution in [3.63, 3.8) is 0 Å². The van der Waals surface area contributed by atoms with E-state index in [1.54, 1.807) is 0 Å². The van der Waals surface area contributed by atoms with Crippen molar-refractivity contribution < 1.29 is 19.7 Å². The summed E-state index contributed by atoms with van der Waals surface area (Å²) in [6, 6.07) is 17.9. The molecule has 0 aromatic heterocycles. The summed E-state index contributed by atoms with van der Waals surface area (Å²) in [7, 11) is 0. The van der Waals surface area contributed by atoms with Crippen molar-refractivity contribution in [2.24, 2.45) is 16.8 Å². The van der Waals surface area contributed by atoms with E-state index >= 15 is 0 Å². The van der Waals surface area contributed by atoms with Gasteiger partial charge in [0.15, 0.2) is 5.03 Å². The first-order chi connectivity index (χ1) is 18.3. The van der Waals surface area contributed by atoms with Gasteiger partial charge in [0.25, 0.3) is 5.96 Å². The van der Waals surface area contributed by atoms with Crippen molar-refractivity contribution in [3.05, 3.63) is 81.9 Å². The third kappa shape index (κ3) is 9.15. The van der Waals surface area contributed by atoms with Crippen LogP contribution in [0.5, 0.6) is 0 Å². The fraction of sp³-hybridized carbons (Fsp3) is 0.444. The summed E-state index contributed by atoms with van der Waals surface area (Å²) in [5, 5.41) is 30.9. The Hall–Kier alpha value is -3.99. The predicted octanol–water partition coefficient (Wildman–Crippen LogP) is 1.85. The maximum Gasteiger partial charge on any atom is 0.266 e. The monoisotopic (exact) mass is 524 g/mol. The van der Waals surface area contributed by atoms with E-state index in [9.17, 15) is 24.8 Å². The Balaban J connectivity index is 1.70.